The van der Waals surface area contributed by atoms with Crippen LogP contribution in [0.25, 0.3) is 0 Å². The fourth-order valence-electron chi connectivity index (χ4n) is 2.86. The van der Waals surface area contributed by atoms with Crippen molar-refractivity contribution >= 4 is 5.78 Å². The highest BCUT2D eigenvalue weighted by molar-refractivity contribution is 5.99. The Morgan fingerprint density at radius 1 is 1.13 bits per heavy atom. The van der Waals surface area contributed by atoms with Gasteiger partial charge in [0.25, 0.3) is 0 Å². The van der Waals surface area contributed by atoms with Crippen LogP contribution in [0.3, 0.4) is 0 Å². The second-order valence-corrected chi connectivity index (χ2v) is 5.65. The van der Waals surface area contributed by atoms with E-state index in [1.807, 2.05) is 0 Å². The molecule has 0 unspecified atom stereocenters. The lowest BCUT2D eigenvalue weighted by Crippen LogP contribution is -2.46. The number of ether oxygens (including phenoxy) is 2. The molecule has 0 aliphatic carbocycles. The molecule has 6 heteroatoms. The predicted octanol–water partition coefficient (Wildman–Crippen LogP) is 1.62. The monoisotopic (exact) mass is 322 g/mol. The van der Waals surface area contributed by atoms with E-state index < -0.39 is 0 Å². The fourth-order valence-corrected chi connectivity index (χ4v) is 2.86. The summed E-state index contributed by atoms with van der Waals surface area (Å²) in [5.74, 6) is 0.390. The Kier molecular flexibility index (Phi) is 6.24. The topological polar surface area (TPSA) is 62.2 Å². The standard InChI is InChI=1S/C17H26N2O4/c1-4-18-9-11-19(12-10-18)8-7-14(20)13-5-6-15(22-2)17(23-3)16(13)21/h5-6,21H,4,7-12H2,1-3H3. The molecule has 1 aliphatic heterocycles. The van der Waals surface area contributed by atoms with Crippen LogP contribution < -0.4 is 9.47 Å². The van der Waals surface area contributed by atoms with Crippen LogP contribution in [-0.4, -0.2) is 74.2 Å². The second kappa shape index (κ2) is 8.17. The average molecular weight is 322 g/mol. The summed E-state index contributed by atoms with van der Waals surface area (Å²) in [5, 5.41) is 10.2. The van der Waals surface area contributed by atoms with Crippen molar-refractivity contribution in [2.24, 2.45) is 0 Å². The molecular weight excluding hydrogens is 296 g/mol. The average Bonchev–Trinajstić information content (AvgIpc) is 2.59. The summed E-state index contributed by atoms with van der Waals surface area (Å²) in [7, 11) is 2.94. The molecule has 0 bridgehead atoms. The zero-order valence-electron chi connectivity index (χ0n) is 14.2. The number of ketones is 1. The Balaban J connectivity index is 1.96. The van der Waals surface area contributed by atoms with E-state index in [1.165, 1.54) is 14.2 Å². The number of hydrogen-bond acceptors (Lipinski definition) is 6. The van der Waals surface area contributed by atoms with Crippen LogP contribution in [0.1, 0.15) is 23.7 Å². The van der Waals surface area contributed by atoms with Crippen LogP contribution in [0, 0.1) is 0 Å². The van der Waals surface area contributed by atoms with Gasteiger partial charge in [-0.3, -0.25) is 4.79 Å². The molecule has 0 amide bonds. The number of methoxy groups -OCH3 is 2. The first-order valence-electron chi connectivity index (χ1n) is 8.02. The van der Waals surface area contributed by atoms with Crippen LogP contribution in [0.2, 0.25) is 0 Å². The molecule has 0 aromatic heterocycles. The maximum Gasteiger partial charge on any atom is 0.203 e. The molecule has 128 valence electrons. The predicted molar refractivity (Wildman–Crippen MR) is 88.7 cm³/mol. The van der Waals surface area contributed by atoms with Crippen molar-refractivity contribution in [3.63, 3.8) is 0 Å². The summed E-state index contributed by atoms with van der Waals surface area (Å²) < 4.78 is 10.3. The van der Waals surface area contributed by atoms with Crippen molar-refractivity contribution in [2.45, 2.75) is 13.3 Å². The molecule has 1 fully saturated rings. The number of hydrogen-bond donors (Lipinski definition) is 1. The zero-order valence-corrected chi connectivity index (χ0v) is 14.2. The third-order valence-corrected chi connectivity index (χ3v) is 4.39. The summed E-state index contributed by atoms with van der Waals surface area (Å²) in [6.07, 6.45) is 0.384. The van der Waals surface area contributed by atoms with E-state index >= 15 is 0 Å². The molecule has 1 heterocycles. The molecule has 0 spiro atoms. The quantitative estimate of drug-likeness (QED) is 0.770. The maximum absolute atomic E-state index is 12.4. The van der Waals surface area contributed by atoms with Crippen molar-refractivity contribution in [3.05, 3.63) is 17.7 Å². The van der Waals surface area contributed by atoms with Crippen molar-refractivity contribution in [1.82, 2.24) is 9.80 Å². The van der Waals surface area contributed by atoms with Crippen LogP contribution in [0.4, 0.5) is 0 Å². The van der Waals surface area contributed by atoms with E-state index in [4.69, 9.17) is 9.47 Å². The first kappa shape index (κ1) is 17.6. The Labute approximate surface area is 137 Å². The Bertz CT molecular complexity index is 540. The van der Waals surface area contributed by atoms with Gasteiger partial charge >= 0.3 is 0 Å². The van der Waals surface area contributed by atoms with E-state index in [9.17, 15) is 9.90 Å². The zero-order chi connectivity index (χ0) is 16.8. The molecule has 1 N–H and O–H groups in total. The number of phenolic OH excluding ortho intramolecular Hbond substituents is 1. The number of piperazine rings is 1. The summed E-state index contributed by atoms with van der Waals surface area (Å²) in [6, 6.07) is 3.24. The van der Waals surface area contributed by atoms with Crippen molar-refractivity contribution in [3.8, 4) is 17.2 Å². The first-order chi connectivity index (χ1) is 11.1. The van der Waals surface area contributed by atoms with Gasteiger partial charge in [0.15, 0.2) is 17.3 Å². The normalized spacial score (nSPS) is 16.3. The van der Waals surface area contributed by atoms with Gasteiger partial charge in [-0.25, -0.2) is 0 Å². The van der Waals surface area contributed by atoms with Gasteiger partial charge in [-0.2, -0.15) is 0 Å². The number of likely N-dealkylation sites (N-methyl/N-ethyl adjacent to an activating group) is 1. The van der Waals surface area contributed by atoms with Crippen molar-refractivity contribution in [1.29, 1.82) is 0 Å². The first-order valence-corrected chi connectivity index (χ1v) is 8.02. The minimum Gasteiger partial charge on any atom is -0.504 e. The number of Topliss-reactive ketones (excluding diaryl/α,β-unsaturated/α-hetero) is 1. The van der Waals surface area contributed by atoms with Gasteiger partial charge in [0.05, 0.1) is 19.8 Å². The summed E-state index contributed by atoms with van der Waals surface area (Å²) >= 11 is 0. The number of rotatable bonds is 7. The highest BCUT2D eigenvalue weighted by Gasteiger charge is 2.21. The van der Waals surface area contributed by atoms with Gasteiger partial charge in [0.1, 0.15) is 0 Å². The molecule has 1 aliphatic rings. The Morgan fingerprint density at radius 2 is 1.78 bits per heavy atom. The van der Waals surface area contributed by atoms with Gasteiger partial charge in [0, 0.05) is 39.1 Å². The molecule has 0 saturated carbocycles. The largest absolute Gasteiger partial charge is 0.504 e. The minimum absolute atomic E-state index is 0.0821. The van der Waals surface area contributed by atoms with Crippen molar-refractivity contribution < 1.29 is 19.4 Å². The number of benzene rings is 1. The van der Waals surface area contributed by atoms with E-state index in [0.717, 1.165) is 32.7 Å². The molecule has 1 saturated heterocycles. The molecule has 0 atom stereocenters. The lowest BCUT2D eigenvalue weighted by atomic mass is 10.1. The van der Waals surface area contributed by atoms with Crippen LogP contribution in [0.15, 0.2) is 12.1 Å². The van der Waals surface area contributed by atoms with Crippen LogP contribution in [0.5, 0.6) is 17.2 Å². The minimum atomic E-state index is -0.146. The van der Waals surface area contributed by atoms with E-state index in [-0.39, 0.29) is 22.8 Å². The number of carbonyl (C=O) groups is 1. The lowest BCUT2D eigenvalue weighted by molar-refractivity contribution is 0.0929. The lowest BCUT2D eigenvalue weighted by Gasteiger charge is -2.33. The molecule has 1 aromatic carbocycles. The van der Waals surface area contributed by atoms with Crippen molar-refractivity contribution in [2.75, 3.05) is 53.5 Å². The molecule has 6 nitrogen and oxygen atoms in total. The van der Waals surface area contributed by atoms with E-state index in [2.05, 4.69) is 16.7 Å². The molecule has 0 radical (unpaired) electrons. The SMILES string of the molecule is CCN1CCN(CCC(=O)c2ccc(OC)c(OC)c2O)CC1. The number of carbonyl (C=O) groups excluding carboxylic acids is 1. The van der Waals surface area contributed by atoms with E-state index in [1.54, 1.807) is 12.1 Å². The highest BCUT2D eigenvalue weighted by Crippen LogP contribution is 2.39. The number of nitrogens with zero attached hydrogens (tertiary/aromatic N) is 2. The Morgan fingerprint density at radius 3 is 2.35 bits per heavy atom. The fraction of sp³-hybridized carbons (Fsp3) is 0.588. The van der Waals surface area contributed by atoms with Gasteiger partial charge < -0.3 is 24.4 Å². The summed E-state index contributed by atoms with van der Waals surface area (Å²) in [6.45, 7) is 8.02. The smallest absolute Gasteiger partial charge is 0.203 e. The molecule has 23 heavy (non-hydrogen) atoms. The Hall–Kier alpha value is -1.79. The number of phenols is 1. The van der Waals surface area contributed by atoms with Crippen LogP contribution in [-0.2, 0) is 0 Å². The van der Waals surface area contributed by atoms with Gasteiger partial charge in [0.2, 0.25) is 5.75 Å². The third-order valence-electron chi connectivity index (χ3n) is 4.39. The van der Waals surface area contributed by atoms with Crippen LogP contribution >= 0.6 is 0 Å². The van der Waals surface area contributed by atoms with E-state index in [0.29, 0.717) is 18.7 Å². The third kappa shape index (κ3) is 4.14. The molecular formula is C17H26N2O4. The summed E-state index contributed by atoms with van der Waals surface area (Å²) in [4.78, 5) is 17.1. The molecule has 2 rings (SSSR count). The summed E-state index contributed by atoms with van der Waals surface area (Å²) in [5.41, 5.74) is 0.287. The van der Waals surface area contributed by atoms with Gasteiger partial charge in [-0.1, -0.05) is 6.92 Å². The number of aromatic hydroxyl groups is 1. The highest BCUT2D eigenvalue weighted by atomic mass is 16.5. The van der Waals surface area contributed by atoms with Gasteiger partial charge in [-0.05, 0) is 18.7 Å². The maximum atomic E-state index is 12.4. The van der Waals surface area contributed by atoms with Gasteiger partial charge in [-0.15, -0.1) is 0 Å². The molecule has 1 aromatic rings. The second-order valence-electron chi connectivity index (χ2n) is 5.65.